The molecular formula is C34H39FN8O6. The van der Waals surface area contributed by atoms with Crippen LogP contribution < -0.4 is 20.3 Å². The normalized spacial score (nSPS) is 17.7. The van der Waals surface area contributed by atoms with Crippen LogP contribution in [0.25, 0.3) is 16.9 Å². The van der Waals surface area contributed by atoms with Crippen LogP contribution in [0.4, 0.5) is 25.6 Å². The fourth-order valence-corrected chi connectivity index (χ4v) is 5.65. The monoisotopic (exact) mass is 674 g/mol. The van der Waals surface area contributed by atoms with E-state index in [-0.39, 0.29) is 6.61 Å². The number of para-hydroxylation sites is 1. The molecule has 0 radical (unpaired) electrons. The van der Waals surface area contributed by atoms with Gasteiger partial charge in [0.25, 0.3) is 0 Å². The minimum Gasteiger partial charge on any atom is -0.488 e. The number of anilines is 2. The van der Waals surface area contributed by atoms with E-state index in [9.17, 15) is 14.0 Å². The minimum atomic E-state index is -0.668. The highest BCUT2D eigenvalue weighted by atomic mass is 19.1. The number of amides is 3. The second-order valence-electron chi connectivity index (χ2n) is 12.6. The van der Waals surface area contributed by atoms with E-state index in [0.29, 0.717) is 71.7 Å². The van der Waals surface area contributed by atoms with Gasteiger partial charge in [-0.15, -0.1) is 0 Å². The standard InChI is InChI=1S/C34H39FN8O6/c1-21-28(23-17-26-31(37-19-23)42(14-16-47-26)33(45)48-34(2,3)4)40-43(24-9-7-6-8-10-24)30(21)39-32(44)38-25-20-41(13-15-46-5)49-29(25)22-11-12-36-27(35)18-22/h6-12,17-19,25,29H,13-16,20H2,1-5H3,(H2,38,39,44)/t25-,29+/m1/s1. The van der Waals surface area contributed by atoms with Gasteiger partial charge >= 0.3 is 12.1 Å². The maximum absolute atomic E-state index is 14.1. The molecule has 1 saturated heterocycles. The van der Waals surface area contributed by atoms with Crippen LogP contribution in [0.15, 0.2) is 60.9 Å². The molecule has 3 aromatic heterocycles. The van der Waals surface area contributed by atoms with Gasteiger partial charge in [0.2, 0.25) is 5.95 Å². The molecule has 0 bridgehead atoms. The van der Waals surface area contributed by atoms with Crippen molar-refractivity contribution in [2.24, 2.45) is 0 Å². The SMILES string of the molecule is COCCN1C[C@@H](NC(=O)Nc2c(C)c(-c3cnc4c(c3)OCCN4C(=O)OC(C)(C)C)nn2-c2ccccc2)[C@H](c2ccnc(F)c2)O1. The van der Waals surface area contributed by atoms with Crippen LogP contribution in [0.3, 0.4) is 0 Å². The minimum absolute atomic E-state index is 0.267. The second-order valence-corrected chi connectivity index (χ2v) is 12.6. The highest BCUT2D eigenvalue weighted by Gasteiger charge is 2.37. The summed E-state index contributed by atoms with van der Waals surface area (Å²) in [6.07, 6.45) is 1.81. The third-order valence-corrected chi connectivity index (χ3v) is 7.87. The Kier molecular flexibility index (Phi) is 9.76. The number of urea groups is 1. The molecule has 2 atom stereocenters. The fraction of sp³-hybridized carbons (Fsp3) is 0.382. The van der Waals surface area contributed by atoms with Gasteiger partial charge in [0.1, 0.15) is 24.1 Å². The van der Waals surface area contributed by atoms with Gasteiger partial charge in [-0.1, -0.05) is 18.2 Å². The second kappa shape index (κ2) is 14.2. The fourth-order valence-electron chi connectivity index (χ4n) is 5.65. The Balaban J connectivity index is 1.28. The van der Waals surface area contributed by atoms with E-state index in [2.05, 4.69) is 20.6 Å². The Morgan fingerprint density at radius 1 is 1.12 bits per heavy atom. The zero-order valence-corrected chi connectivity index (χ0v) is 28.0. The molecule has 2 aliphatic heterocycles. The summed E-state index contributed by atoms with van der Waals surface area (Å²) in [4.78, 5) is 42.3. The van der Waals surface area contributed by atoms with Crippen molar-refractivity contribution in [2.75, 3.05) is 50.2 Å². The Labute approximate surface area is 283 Å². The Morgan fingerprint density at radius 3 is 2.65 bits per heavy atom. The van der Waals surface area contributed by atoms with Crippen molar-refractivity contribution >= 4 is 23.8 Å². The molecule has 49 heavy (non-hydrogen) atoms. The zero-order valence-electron chi connectivity index (χ0n) is 28.0. The van der Waals surface area contributed by atoms with Crippen molar-refractivity contribution < 1.29 is 33.0 Å². The molecule has 2 N–H and O–H groups in total. The van der Waals surface area contributed by atoms with Crippen LogP contribution in [-0.2, 0) is 14.3 Å². The number of hydrogen-bond donors (Lipinski definition) is 2. The molecule has 5 heterocycles. The highest BCUT2D eigenvalue weighted by molar-refractivity contribution is 5.92. The molecule has 3 amide bonds. The van der Waals surface area contributed by atoms with E-state index in [0.717, 1.165) is 0 Å². The topological polar surface area (TPSA) is 145 Å². The molecule has 14 nitrogen and oxygen atoms in total. The number of hydrogen-bond acceptors (Lipinski definition) is 10. The van der Waals surface area contributed by atoms with Gasteiger partial charge in [-0.25, -0.2) is 24.2 Å². The first-order valence-electron chi connectivity index (χ1n) is 15.9. The smallest absolute Gasteiger partial charge is 0.416 e. The van der Waals surface area contributed by atoms with Gasteiger partial charge < -0.3 is 19.5 Å². The predicted octanol–water partition coefficient (Wildman–Crippen LogP) is 5.04. The summed E-state index contributed by atoms with van der Waals surface area (Å²) in [7, 11) is 1.59. The number of halogens is 1. The number of carbonyl (C=O) groups is 2. The van der Waals surface area contributed by atoms with Gasteiger partial charge in [-0.2, -0.15) is 14.6 Å². The van der Waals surface area contributed by atoms with E-state index < -0.39 is 35.8 Å². The molecule has 4 aromatic rings. The van der Waals surface area contributed by atoms with Gasteiger partial charge in [0, 0.05) is 43.7 Å². The molecule has 0 aliphatic carbocycles. The lowest BCUT2D eigenvalue weighted by Crippen LogP contribution is -2.42. The molecule has 2 aliphatic rings. The highest BCUT2D eigenvalue weighted by Crippen LogP contribution is 2.37. The summed E-state index contributed by atoms with van der Waals surface area (Å²) in [6.45, 7) is 9.04. The Hall–Kier alpha value is -5.12. The van der Waals surface area contributed by atoms with Crippen molar-refractivity contribution in [1.29, 1.82) is 0 Å². The maximum atomic E-state index is 14.1. The number of benzene rings is 1. The number of nitrogens with one attached hydrogen (secondary N) is 2. The summed E-state index contributed by atoms with van der Waals surface area (Å²) < 4.78 is 32.4. The van der Waals surface area contributed by atoms with Crippen LogP contribution >= 0.6 is 0 Å². The number of ether oxygens (including phenoxy) is 3. The third kappa shape index (κ3) is 7.63. The van der Waals surface area contributed by atoms with Crippen LogP contribution in [0.1, 0.15) is 38.0 Å². The number of rotatable bonds is 8. The van der Waals surface area contributed by atoms with Crippen LogP contribution in [0.5, 0.6) is 5.75 Å². The maximum Gasteiger partial charge on any atom is 0.416 e. The van der Waals surface area contributed by atoms with E-state index in [1.807, 2.05) is 37.3 Å². The molecule has 0 saturated carbocycles. The average Bonchev–Trinajstić information content (AvgIpc) is 3.62. The van der Waals surface area contributed by atoms with E-state index in [4.69, 9.17) is 24.1 Å². The summed E-state index contributed by atoms with van der Waals surface area (Å²) in [6, 6.07) is 13.1. The molecule has 1 aromatic carbocycles. The van der Waals surface area contributed by atoms with E-state index in [1.54, 1.807) is 56.0 Å². The lowest BCUT2D eigenvalue weighted by molar-refractivity contribution is -0.154. The third-order valence-electron chi connectivity index (χ3n) is 7.87. The van der Waals surface area contributed by atoms with E-state index in [1.165, 1.54) is 17.2 Å². The first-order chi connectivity index (χ1) is 23.5. The van der Waals surface area contributed by atoms with Gasteiger partial charge in [0.05, 0.1) is 30.6 Å². The quantitative estimate of drug-likeness (QED) is 0.244. The Morgan fingerprint density at radius 2 is 1.92 bits per heavy atom. The number of methoxy groups -OCH3 is 1. The van der Waals surface area contributed by atoms with Crippen LogP contribution in [0.2, 0.25) is 0 Å². The molecule has 6 rings (SSSR count). The number of pyridine rings is 2. The predicted molar refractivity (Wildman–Crippen MR) is 178 cm³/mol. The largest absolute Gasteiger partial charge is 0.488 e. The van der Waals surface area contributed by atoms with Crippen molar-refractivity contribution in [2.45, 2.75) is 45.4 Å². The summed E-state index contributed by atoms with van der Waals surface area (Å²) in [5.41, 5.74) is 2.42. The van der Waals surface area contributed by atoms with Crippen LogP contribution in [0, 0.1) is 12.9 Å². The number of nitrogens with zero attached hydrogens (tertiary/aromatic N) is 6. The summed E-state index contributed by atoms with van der Waals surface area (Å²) in [5, 5.41) is 12.6. The molecule has 1 fully saturated rings. The first kappa shape index (κ1) is 33.8. The number of hydroxylamine groups is 2. The summed E-state index contributed by atoms with van der Waals surface area (Å²) >= 11 is 0. The number of carbonyl (C=O) groups excluding carboxylic acids is 2. The lowest BCUT2D eigenvalue weighted by Gasteiger charge is -2.30. The summed E-state index contributed by atoms with van der Waals surface area (Å²) in [5.74, 6) is 0.543. The van der Waals surface area contributed by atoms with Crippen molar-refractivity contribution in [1.82, 2.24) is 30.1 Å². The Bertz CT molecular complexity index is 1810. The zero-order chi connectivity index (χ0) is 34.7. The number of fused-ring (bicyclic) bond motifs is 1. The van der Waals surface area contributed by atoms with E-state index >= 15 is 0 Å². The van der Waals surface area contributed by atoms with Gasteiger partial charge in [-0.3, -0.25) is 15.1 Å². The molecule has 0 spiro atoms. The van der Waals surface area contributed by atoms with Crippen molar-refractivity contribution in [3.63, 3.8) is 0 Å². The lowest BCUT2D eigenvalue weighted by atomic mass is 10.0. The molecule has 0 unspecified atom stereocenters. The molecule has 15 heteroatoms. The van der Waals surface area contributed by atoms with Crippen molar-refractivity contribution in [3.05, 3.63) is 78.0 Å². The molecule has 258 valence electrons. The first-order valence-corrected chi connectivity index (χ1v) is 15.9. The van der Waals surface area contributed by atoms with Crippen LogP contribution in [-0.4, -0.2) is 88.5 Å². The average molecular weight is 675 g/mol. The van der Waals surface area contributed by atoms with Gasteiger partial charge in [-0.05, 0) is 63.6 Å². The molecular weight excluding hydrogens is 635 g/mol. The van der Waals surface area contributed by atoms with Gasteiger partial charge in [0.15, 0.2) is 11.6 Å². The number of aromatic nitrogens is 4. The van der Waals surface area contributed by atoms with Crippen molar-refractivity contribution in [3.8, 4) is 22.7 Å².